The van der Waals surface area contributed by atoms with Gasteiger partial charge in [-0.2, -0.15) is 0 Å². The molecular formula is C25H23BF2N6O. The van der Waals surface area contributed by atoms with Crippen LogP contribution in [-0.2, 0) is 6.32 Å². The fraction of sp³-hybridized carbons (Fsp3) is 0.240. The van der Waals surface area contributed by atoms with E-state index < -0.39 is 13.3 Å². The summed E-state index contributed by atoms with van der Waals surface area (Å²) < 4.78 is 25.7. The van der Waals surface area contributed by atoms with Gasteiger partial charge in [0.25, 0.3) is 6.43 Å². The topological polar surface area (TPSA) is 97.0 Å². The minimum atomic E-state index is -2.63. The van der Waals surface area contributed by atoms with Gasteiger partial charge < -0.3 is 14.5 Å². The van der Waals surface area contributed by atoms with Crippen molar-refractivity contribution >= 4 is 30.5 Å². The third-order valence-corrected chi connectivity index (χ3v) is 6.74. The minimum absolute atomic E-state index is 0.0166. The quantitative estimate of drug-likeness (QED) is 0.333. The lowest BCUT2D eigenvalue weighted by Crippen LogP contribution is -2.47. The molecule has 5 rings (SSSR count). The van der Waals surface area contributed by atoms with E-state index in [0.29, 0.717) is 41.9 Å². The Balaban J connectivity index is 1.46. The summed E-state index contributed by atoms with van der Waals surface area (Å²) in [5, 5.41) is 16.2. The summed E-state index contributed by atoms with van der Waals surface area (Å²) >= 11 is 0. The number of hydrogen-bond acceptors (Lipinski definition) is 6. The molecule has 0 amide bonds. The van der Waals surface area contributed by atoms with Crippen molar-refractivity contribution in [1.29, 1.82) is 10.8 Å². The lowest BCUT2D eigenvalue weighted by Gasteiger charge is -2.29. The molecule has 0 aliphatic carbocycles. The number of pyridine rings is 2. The lowest BCUT2D eigenvalue weighted by molar-refractivity contribution is 0.107. The van der Waals surface area contributed by atoms with Crippen LogP contribution in [0.25, 0.3) is 11.1 Å². The largest absolute Gasteiger partial charge is 0.393 e. The van der Waals surface area contributed by atoms with Crippen molar-refractivity contribution in [2.45, 2.75) is 32.1 Å². The number of anilines is 1. The highest BCUT2D eigenvalue weighted by molar-refractivity contribution is 6.96. The van der Waals surface area contributed by atoms with E-state index >= 15 is 0 Å². The molecule has 4 heterocycles. The smallest absolute Gasteiger partial charge is 0.345 e. The SMILES string of the molecule is CC1CCN(B2Cc3ccc(-c4ccc(C(F)F)nc4)cc3C2=O)c2cccc(n2)C(=N)N1C=N. The molecule has 0 radical (unpaired) electrons. The van der Waals surface area contributed by atoms with Crippen LogP contribution < -0.4 is 4.81 Å². The molecule has 7 nitrogen and oxygen atoms in total. The second kappa shape index (κ2) is 9.01. The Labute approximate surface area is 201 Å². The van der Waals surface area contributed by atoms with Crippen LogP contribution >= 0.6 is 0 Å². The van der Waals surface area contributed by atoms with Gasteiger partial charge in [0.15, 0.2) is 5.84 Å². The van der Waals surface area contributed by atoms with Gasteiger partial charge in [-0.3, -0.25) is 15.8 Å². The standard InChI is InChI=1S/C25H23BF2N6O/c1-15-9-10-34(22-4-2-3-21(32-22)25(30)33(15)14-29)26-12-17-6-5-16(11-19(17)23(26)35)18-7-8-20(24(27)28)31-13-18/h2-8,11,13-15,24,29-30H,9-10,12H2,1H3. The summed E-state index contributed by atoms with van der Waals surface area (Å²) in [5.74, 6) is 0.790. The van der Waals surface area contributed by atoms with Crippen molar-refractivity contribution < 1.29 is 13.6 Å². The van der Waals surface area contributed by atoms with Crippen LogP contribution in [0.15, 0.2) is 54.7 Å². The van der Waals surface area contributed by atoms with E-state index in [2.05, 4.69) is 9.97 Å². The van der Waals surface area contributed by atoms with Crippen molar-refractivity contribution in [2.75, 3.05) is 11.4 Å². The molecular weight excluding hydrogens is 449 g/mol. The molecule has 35 heavy (non-hydrogen) atoms. The zero-order valence-electron chi connectivity index (χ0n) is 19.1. The molecule has 1 unspecified atom stereocenters. The van der Waals surface area contributed by atoms with Crippen molar-refractivity contribution in [3.05, 3.63) is 77.2 Å². The van der Waals surface area contributed by atoms with Gasteiger partial charge in [0.05, 0.1) is 6.34 Å². The maximum absolute atomic E-state index is 13.6. The second-order valence-corrected chi connectivity index (χ2v) is 8.83. The van der Waals surface area contributed by atoms with Crippen molar-refractivity contribution in [1.82, 2.24) is 14.9 Å². The number of nitrogens with one attached hydrogen (secondary N) is 2. The molecule has 0 saturated carbocycles. The Morgan fingerprint density at radius 2 is 1.97 bits per heavy atom. The Kier molecular flexibility index (Phi) is 5.88. The normalized spacial score (nSPS) is 17.8. The summed E-state index contributed by atoms with van der Waals surface area (Å²) in [7, 11) is 0. The van der Waals surface area contributed by atoms with Crippen molar-refractivity contribution in [3.63, 3.8) is 0 Å². The van der Waals surface area contributed by atoms with E-state index in [1.54, 1.807) is 17.0 Å². The number of amidine groups is 1. The number of halogens is 2. The molecule has 3 aromatic rings. The number of nitrogens with zero attached hydrogens (tertiary/aromatic N) is 4. The van der Waals surface area contributed by atoms with Gasteiger partial charge in [0, 0.05) is 29.9 Å². The minimum Gasteiger partial charge on any atom is -0.393 e. The number of alkyl halides is 2. The van der Waals surface area contributed by atoms with Crippen molar-refractivity contribution in [2.24, 2.45) is 0 Å². The molecule has 2 aliphatic rings. The van der Waals surface area contributed by atoms with E-state index in [1.165, 1.54) is 12.3 Å². The van der Waals surface area contributed by atoms with Gasteiger partial charge in [-0.15, -0.1) is 0 Å². The number of fused-ring (bicyclic) bond motifs is 3. The highest BCUT2D eigenvalue weighted by Crippen LogP contribution is 2.31. The number of rotatable bonds is 4. The fourth-order valence-corrected chi connectivity index (χ4v) is 4.76. The first kappa shape index (κ1) is 22.8. The number of benzene rings is 1. The third-order valence-electron chi connectivity index (χ3n) is 6.74. The average Bonchev–Trinajstić information content (AvgIpc) is 3.20. The predicted molar refractivity (Wildman–Crippen MR) is 132 cm³/mol. The molecule has 2 bridgehead atoms. The van der Waals surface area contributed by atoms with Crippen LogP contribution in [-0.4, -0.2) is 52.2 Å². The van der Waals surface area contributed by atoms with Crippen LogP contribution in [0.5, 0.6) is 0 Å². The molecule has 176 valence electrons. The molecule has 1 atom stereocenters. The summed E-state index contributed by atoms with van der Waals surface area (Å²) in [6.45, 7) is 2.07. The zero-order chi connectivity index (χ0) is 24.7. The molecule has 2 N–H and O–H groups in total. The van der Waals surface area contributed by atoms with Crippen molar-refractivity contribution in [3.8, 4) is 11.1 Å². The highest BCUT2D eigenvalue weighted by Gasteiger charge is 2.41. The van der Waals surface area contributed by atoms with Crippen LogP contribution in [0.2, 0.25) is 0 Å². The maximum atomic E-state index is 13.6. The Bertz CT molecular complexity index is 1320. The zero-order valence-corrected chi connectivity index (χ0v) is 19.1. The third kappa shape index (κ3) is 4.09. The molecule has 2 aliphatic heterocycles. The summed E-state index contributed by atoms with van der Waals surface area (Å²) in [5.41, 5.74) is 3.12. The monoisotopic (exact) mass is 472 g/mol. The second-order valence-electron chi connectivity index (χ2n) is 8.83. The van der Waals surface area contributed by atoms with E-state index in [0.717, 1.165) is 17.5 Å². The summed E-state index contributed by atoms with van der Waals surface area (Å²) in [6, 6.07) is 13.8. The number of hydrogen-bond donors (Lipinski definition) is 2. The molecule has 10 heteroatoms. The van der Waals surface area contributed by atoms with Crippen LogP contribution in [0.3, 0.4) is 0 Å². The van der Waals surface area contributed by atoms with Crippen LogP contribution in [0.1, 0.15) is 47.1 Å². The summed E-state index contributed by atoms with van der Waals surface area (Å²) in [6.07, 6.45) is 1.10. The molecule has 0 saturated heterocycles. The number of aromatic nitrogens is 2. The van der Waals surface area contributed by atoms with Gasteiger partial charge in [0.1, 0.15) is 22.9 Å². The molecule has 1 aromatic carbocycles. The first-order chi connectivity index (χ1) is 16.9. The summed E-state index contributed by atoms with van der Waals surface area (Å²) in [4.78, 5) is 25.7. The van der Waals surface area contributed by atoms with Crippen LogP contribution in [0, 0.1) is 10.8 Å². The maximum Gasteiger partial charge on any atom is 0.345 e. The Hall–Kier alpha value is -3.95. The average molecular weight is 472 g/mol. The number of carbonyl (C=O) groups excluding carboxylic acids is 1. The van der Waals surface area contributed by atoms with E-state index in [1.807, 2.05) is 42.1 Å². The van der Waals surface area contributed by atoms with E-state index in [9.17, 15) is 13.6 Å². The molecule has 2 aromatic heterocycles. The lowest BCUT2D eigenvalue weighted by atomic mass is 9.56. The van der Waals surface area contributed by atoms with Gasteiger partial charge >= 0.3 is 6.85 Å². The highest BCUT2D eigenvalue weighted by atomic mass is 19.3. The fourth-order valence-electron chi connectivity index (χ4n) is 4.76. The number of carbonyl (C=O) groups is 1. The molecule has 0 spiro atoms. The van der Waals surface area contributed by atoms with E-state index in [-0.39, 0.29) is 23.3 Å². The van der Waals surface area contributed by atoms with Gasteiger partial charge in [-0.25, -0.2) is 13.8 Å². The Morgan fingerprint density at radius 3 is 2.69 bits per heavy atom. The van der Waals surface area contributed by atoms with Crippen LogP contribution in [0.4, 0.5) is 14.6 Å². The first-order valence-corrected chi connectivity index (χ1v) is 11.4. The van der Waals surface area contributed by atoms with E-state index in [4.69, 9.17) is 10.8 Å². The van der Waals surface area contributed by atoms with Gasteiger partial charge in [-0.05, 0) is 55.1 Å². The predicted octanol–water partition coefficient (Wildman–Crippen LogP) is 4.42. The van der Waals surface area contributed by atoms with Gasteiger partial charge in [0.2, 0.25) is 0 Å². The molecule has 0 fully saturated rings. The van der Waals surface area contributed by atoms with Gasteiger partial charge in [-0.1, -0.05) is 24.3 Å². The first-order valence-electron chi connectivity index (χ1n) is 11.4. The Morgan fingerprint density at radius 1 is 1.17 bits per heavy atom.